The van der Waals surface area contributed by atoms with E-state index in [1.807, 2.05) is 0 Å². The molecule has 6 heteroatoms. The van der Waals surface area contributed by atoms with Gasteiger partial charge in [0.15, 0.2) is 5.82 Å². The molecule has 1 aromatic rings. The number of thiocarbonyl (C=S) groups is 1. The summed E-state index contributed by atoms with van der Waals surface area (Å²) in [6, 6.07) is 0.301. The van der Waals surface area contributed by atoms with Gasteiger partial charge in [0.05, 0.1) is 11.3 Å². The molecule has 0 amide bonds. The molecular formula is C13H22N4S2. The van der Waals surface area contributed by atoms with Gasteiger partial charge in [-0.05, 0) is 31.6 Å². The first-order valence-electron chi connectivity index (χ1n) is 6.48. The third-order valence-electron chi connectivity index (χ3n) is 2.89. The van der Waals surface area contributed by atoms with E-state index in [4.69, 9.17) is 18.0 Å². The van der Waals surface area contributed by atoms with E-state index >= 15 is 0 Å². The zero-order valence-corrected chi connectivity index (χ0v) is 13.6. The van der Waals surface area contributed by atoms with Gasteiger partial charge in [0.1, 0.15) is 4.99 Å². The van der Waals surface area contributed by atoms with Crippen molar-refractivity contribution < 1.29 is 0 Å². The highest BCUT2D eigenvalue weighted by molar-refractivity contribution is 7.98. The lowest BCUT2D eigenvalue weighted by atomic mass is 10.0. The second-order valence-corrected chi connectivity index (χ2v) is 5.77. The van der Waals surface area contributed by atoms with Crippen LogP contribution >= 0.6 is 24.0 Å². The molecule has 0 radical (unpaired) electrons. The minimum Gasteiger partial charge on any atom is -0.389 e. The number of aryl methyl sites for hydroxylation is 1. The number of nitrogens with one attached hydrogen (secondary N) is 1. The fourth-order valence-electron chi connectivity index (χ4n) is 2.06. The van der Waals surface area contributed by atoms with Crippen molar-refractivity contribution in [2.24, 2.45) is 5.73 Å². The topological polar surface area (TPSA) is 63.8 Å². The molecule has 0 bridgehead atoms. The number of nitrogens with two attached hydrogens (primary N) is 1. The van der Waals surface area contributed by atoms with Gasteiger partial charge in [-0.3, -0.25) is 0 Å². The van der Waals surface area contributed by atoms with Crippen LogP contribution in [0, 0.1) is 0 Å². The lowest BCUT2D eigenvalue weighted by Gasteiger charge is -2.18. The summed E-state index contributed by atoms with van der Waals surface area (Å²) in [7, 11) is 0. The molecule has 1 atom stereocenters. The average molecular weight is 298 g/mol. The van der Waals surface area contributed by atoms with E-state index in [0.29, 0.717) is 16.8 Å². The van der Waals surface area contributed by atoms with E-state index in [-0.39, 0.29) is 0 Å². The molecule has 0 aliphatic heterocycles. The molecule has 0 aliphatic rings. The van der Waals surface area contributed by atoms with Gasteiger partial charge in [0.25, 0.3) is 0 Å². The maximum atomic E-state index is 5.88. The van der Waals surface area contributed by atoms with E-state index in [1.165, 1.54) is 0 Å². The van der Waals surface area contributed by atoms with Crippen LogP contribution in [0.5, 0.6) is 0 Å². The van der Waals surface area contributed by atoms with Crippen LogP contribution in [0.4, 0.5) is 5.82 Å². The highest BCUT2D eigenvalue weighted by Gasteiger charge is 2.17. The van der Waals surface area contributed by atoms with E-state index < -0.39 is 0 Å². The van der Waals surface area contributed by atoms with Crippen molar-refractivity contribution in [1.82, 2.24) is 10.2 Å². The largest absolute Gasteiger partial charge is 0.389 e. The molecule has 0 saturated heterocycles. The number of rotatable bonds is 7. The average Bonchev–Trinajstić information content (AvgIpc) is 2.37. The van der Waals surface area contributed by atoms with E-state index in [2.05, 4.69) is 42.5 Å². The number of aromatic nitrogens is 2. The summed E-state index contributed by atoms with van der Waals surface area (Å²) < 4.78 is 0. The van der Waals surface area contributed by atoms with Crippen molar-refractivity contribution >= 4 is 34.8 Å². The fraction of sp³-hybridized carbons (Fsp3) is 0.615. The number of thioether (sulfide) groups is 1. The van der Waals surface area contributed by atoms with Crippen molar-refractivity contribution in [2.75, 3.05) is 17.3 Å². The minimum atomic E-state index is 0.301. The molecule has 1 unspecified atom stereocenters. The maximum Gasteiger partial charge on any atom is 0.159 e. The maximum absolute atomic E-state index is 5.88. The molecule has 1 rings (SSSR count). The highest BCUT2D eigenvalue weighted by atomic mass is 32.2. The molecule has 106 valence electrons. The van der Waals surface area contributed by atoms with Gasteiger partial charge >= 0.3 is 0 Å². The van der Waals surface area contributed by atoms with Crippen LogP contribution in [0.15, 0.2) is 0 Å². The van der Waals surface area contributed by atoms with Crippen molar-refractivity contribution in [3.63, 3.8) is 0 Å². The Morgan fingerprint density at radius 1 is 1.37 bits per heavy atom. The van der Waals surface area contributed by atoms with E-state index in [1.54, 1.807) is 11.8 Å². The van der Waals surface area contributed by atoms with Crippen molar-refractivity contribution in [2.45, 2.75) is 39.7 Å². The summed E-state index contributed by atoms with van der Waals surface area (Å²) >= 11 is 6.98. The summed E-state index contributed by atoms with van der Waals surface area (Å²) in [4.78, 5) is 0.389. The van der Waals surface area contributed by atoms with Crippen molar-refractivity contribution in [3.05, 3.63) is 16.8 Å². The standard InChI is InChI=1S/C13H22N4S2/c1-5-9-10(6-2)16-17-13(11(9)12(14)18)15-8(3)7-19-4/h8H,5-7H2,1-4H3,(H2,14,18)(H,15,17). The summed E-state index contributed by atoms with van der Waals surface area (Å²) in [5, 5.41) is 11.9. The Balaban J connectivity index is 3.20. The molecule has 4 nitrogen and oxygen atoms in total. The number of anilines is 1. The summed E-state index contributed by atoms with van der Waals surface area (Å²) in [5.41, 5.74) is 8.84. The van der Waals surface area contributed by atoms with Gasteiger partial charge in [-0.2, -0.15) is 16.9 Å². The predicted octanol–water partition coefficient (Wildman–Crippen LogP) is 2.40. The SMILES string of the molecule is CCc1nnc(NC(C)CSC)c(C(N)=S)c1CC. The van der Waals surface area contributed by atoms with E-state index in [9.17, 15) is 0 Å². The zero-order valence-electron chi connectivity index (χ0n) is 12.0. The van der Waals surface area contributed by atoms with Gasteiger partial charge < -0.3 is 11.1 Å². The van der Waals surface area contributed by atoms with Gasteiger partial charge in [-0.25, -0.2) is 0 Å². The lowest BCUT2D eigenvalue weighted by molar-refractivity contribution is 0.843. The normalized spacial score (nSPS) is 12.2. The predicted molar refractivity (Wildman–Crippen MR) is 88.1 cm³/mol. The van der Waals surface area contributed by atoms with Crippen LogP contribution in [-0.4, -0.2) is 33.2 Å². The van der Waals surface area contributed by atoms with Crippen molar-refractivity contribution in [3.8, 4) is 0 Å². The second kappa shape index (κ2) is 7.65. The molecule has 0 fully saturated rings. The van der Waals surface area contributed by atoms with Gasteiger partial charge in [-0.1, -0.05) is 26.1 Å². The van der Waals surface area contributed by atoms with Gasteiger partial charge in [-0.15, -0.1) is 5.10 Å². The molecule has 19 heavy (non-hydrogen) atoms. The Morgan fingerprint density at radius 2 is 2.05 bits per heavy atom. The van der Waals surface area contributed by atoms with Crippen LogP contribution < -0.4 is 11.1 Å². The molecule has 0 spiro atoms. The Hall–Kier alpha value is -0.880. The fourth-order valence-corrected chi connectivity index (χ4v) is 2.87. The number of hydrogen-bond donors (Lipinski definition) is 2. The number of nitrogens with zero attached hydrogens (tertiary/aromatic N) is 2. The smallest absolute Gasteiger partial charge is 0.159 e. The Kier molecular flexibility index (Phi) is 6.51. The molecule has 0 saturated carbocycles. The van der Waals surface area contributed by atoms with Crippen LogP contribution in [-0.2, 0) is 12.8 Å². The third kappa shape index (κ3) is 4.04. The minimum absolute atomic E-state index is 0.301. The van der Waals surface area contributed by atoms with Crippen molar-refractivity contribution in [1.29, 1.82) is 0 Å². The van der Waals surface area contributed by atoms with Gasteiger partial charge in [0.2, 0.25) is 0 Å². The zero-order chi connectivity index (χ0) is 14.4. The van der Waals surface area contributed by atoms with Crippen LogP contribution in [0.25, 0.3) is 0 Å². The summed E-state index contributed by atoms with van der Waals surface area (Å²) in [6.07, 6.45) is 3.78. The van der Waals surface area contributed by atoms with Crippen LogP contribution in [0.2, 0.25) is 0 Å². The Morgan fingerprint density at radius 3 is 2.53 bits per heavy atom. The molecule has 3 N–H and O–H groups in total. The quantitative estimate of drug-likeness (QED) is 0.754. The monoisotopic (exact) mass is 298 g/mol. The molecule has 0 aliphatic carbocycles. The van der Waals surface area contributed by atoms with Gasteiger partial charge in [0, 0.05) is 11.8 Å². The lowest BCUT2D eigenvalue weighted by Crippen LogP contribution is -2.25. The summed E-state index contributed by atoms with van der Waals surface area (Å²) in [6.45, 7) is 6.27. The first-order valence-corrected chi connectivity index (χ1v) is 8.28. The van der Waals surface area contributed by atoms with E-state index in [0.717, 1.165) is 35.4 Å². The number of hydrogen-bond acceptors (Lipinski definition) is 5. The summed E-state index contributed by atoms with van der Waals surface area (Å²) in [5.74, 6) is 1.71. The van der Waals surface area contributed by atoms with Crippen LogP contribution in [0.1, 0.15) is 37.6 Å². The Labute approximate surface area is 124 Å². The molecule has 1 aromatic heterocycles. The molecule has 0 aromatic carbocycles. The van der Waals surface area contributed by atoms with Crippen LogP contribution in [0.3, 0.4) is 0 Å². The first kappa shape index (κ1) is 16.2. The Bertz CT molecular complexity index is 449. The first-order chi connectivity index (χ1) is 9.04. The molecular weight excluding hydrogens is 276 g/mol. The third-order valence-corrected chi connectivity index (χ3v) is 3.93. The second-order valence-electron chi connectivity index (χ2n) is 4.42. The molecule has 1 heterocycles. The highest BCUT2D eigenvalue weighted by Crippen LogP contribution is 2.21.